The van der Waals surface area contributed by atoms with Crippen molar-refractivity contribution in [3.05, 3.63) is 28.2 Å². The fourth-order valence-electron chi connectivity index (χ4n) is 2.25. The molecule has 0 spiro atoms. The molecule has 0 saturated carbocycles. The predicted octanol–water partition coefficient (Wildman–Crippen LogP) is 4.11. The number of rotatable bonds is 7. The van der Waals surface area contributed by atoms with E-state index in [9.17, 15) is 0 Å². The Morgan fingerprint density at radius 1 is 1.35 bits per heavy atom. The van der Waals surface area contributed by atoms with Crippen LogP contribution in [-0.4, -0.2) is 20.1 Å². The molecule has 0 radical (unpaired) electrons. The normalized spacial score (nSPS) is 12.2. The highest BCUT2D eigenvalue weighted by Crippen LogP contribution is 2.30. The van der Waals surface area contributed by atoms with Gasteiger partial charge in [0.1, 0.15) is 0 Å². The molecule has 1 N–H and O–H groups in total. The summed E-state index contributed by atoms with van der Waals surface area (Å²) < 4.78 is 1.07. The van der Waals surface area contributed by atoms with Crippen LogP contribution in [0.2, 0.25) is 0 Å². The second kappa shape index (κ2) is 8.28. The SMILES string of the molecule is CNC(C)c1ccc(Br)cc1N(CCC#N)CC(C)C. The second-order valence-corrected chi connectivity index (χ2v) is 6.38. The second-order valence-electron chi connectivity index (χ2n) is 5.46. The van der Waals surface area contributed by atoms with E-state index in [-0.39, 0.29) is 6.04 Å². The molecule has 4 heteroatoms. The van der Waals surface area contributed by atoms with E-state index in [0.717, 1.165) is 17.6 Å². The van der Waals surface area contributed by atoms with Crippen molar-refractivity contribution in [2.75, 3.05) is 25.0 Å². The van der Waals surface area contributed by atoms with Crippen molar-refractivity contribution in [3.8, 4) is 6.07 Å². The zero-order chi connectivity index (χ0) is 15.1. The molecule has 1 unspecified atom stereocenters. The van der Waals surface area contributed by atoms with Crippen molar-refractivity contribution in [3.63, 3.8) is 0 Å². The van der Waals surface area contributed by atoms with Gasteiger partial charge in [0.25, 0.3) is 0 Å². The Bertz CT molecular complexity index is 465. The van der Waals surface area contributed by atoms with Crippen molar-refractivity contribution >= 4 is 21.6 Å². The van der Waals surface area contributed by atoms with E-state index in [1.165, 1.54) is 11.3 Å². The molecule has 3 nitrogen and oxygen atoms in total. The zero-order valence-corrected chi connectivity index (χ0v) is 14.4. The number of nitrogens with one attached hydrogen (secondary N) is 1. The maximum Gasteiger partial charge on any atom is 0.0640 e. The molecule has 0 aliphatic rings. The largest absolute Gasteiger partial charge is 0.370 e. The van der Waals surface area contributed by atoms with Crippen molar-refractivity contribution in [2.45, 2.75) is 33.2 Å². The maximum atomic E-state index is 8.88. The third-order valence-corrected chi connectivity index (χ3v) is 3.81. The van der Waals surface area contributed by atoms with E-state index in [2.05, 4.69) is 71.2 Å². The third-order valence-electron chi connectivity index (χ3n) is 3.31. The molecule has 110 valence electrons. The minimum absolute atomic E-state index is 0.287. The van der Waals surface area contributed by atoms with Gasteiger partial charge in [0.2, 0.25) is 0 Å². The lowest BCUT2D eigenvalue weighted by atomic mass is 10.0. The Hall–Kier alpha value is -1.05. The van der Waals surface area contributed by atoms with Crippen LogP contribution in [0, 0.1) is 17.2 Å². The molecule has 1 atom stereocenters. The van der Waals surface area contributed by atoms with Crippen LogP contribution in [0.3, 0.4) is 0 Å². The van der Waals surface area contributed by atoms with Gasteiger partial charge in [0, 0.05) is 29.3 Å². The van der Waals surface area contributed by atoms with Gasteiger partial charge in [0.05, 0.1) is 12.5 Å². The molecule has 0 aromatic heterocycles. The number of hydrogen-bond acceptors (Lipinski definition) is 3. The van der Waals surface area contributed by atoms with Crippen LogP contribution in [0.25, 0.3) is 0 Å². The topological polar surface area (TPSA) is 39.1 Å². The van der Waals surface area contributed by atoms with Gasteiger partial charge >= 0.3 is 0 Å². The number of nitrogens with zero attached hydrogens (tertiary/aromatic N) is 2. The van der Waals surface area contributed by atoms with E-state index in [4.69, 9.17) is 5.26 Å². The summed E-state index contributed by atoms with van der Waals surface area (Å²) in [6.07, 6.45) is 0.548. The van der Waals surface area contributed by atoms with Crippen LogP contribution in [0.1, 0.15) is 38.8 Å². The summed E-state index contributed by atoms with van der Waals surface area (Å²) in [7, 11) is 1.97. The molecule has 0 aliphatic heterocycles. The first-order valence-corrected chi connectivity index (χ1v) is 7.87. The lowest BCUT2D eigenvalue weighted by molar-refractivity contribution is 0.600. The van der Waals surface area contributed by atoms with Crippen LogP contribution in [-0.2, 0) is 0 Å². The van der Waals surface area contributed by atoms with Crippen molar-refractivity contribution < 1.29 is 0 Å². The zero-order valence-electron chi connectivity index (χ0n) is 12.8. The summed E-state index contributed by atoms with van der Waals surface area (Å²) in [4.78, 5) is 2.32. The van der Waals surface area contributed by atoms with E-state index in [1.807, 2.05) is 7.05 Å². The van der Waals surface area contributed by atoms with Crippen molar-refractivity contribution in [1.29, 1.82) is 5.26 Å². The number of benzene rings is 1. The van der Waals surface area contributed by atoms with Gasteiger partial charge in [0.15, 0.2) is 0 Å². The molecule has 0 fully saturated rings. The van der Waals surface area contributed by atoms with Gasteiger partial charge in [-0.05, 0) is 37.6 Å². The van der Waals surface area contributed by atoms with E-state index >= 15 is 0 Å². The first kappa shape index (κ1) is 17.0. The maximum absolute atomic E-state index is 8.88. The highest BCUT2D eigenvalue weighted by Gasteiger charge is 2.16. The van der Waals surface area contributed by atoms with E-state index in [0.29, 0.717) is 12.3 Å². The molecule has 0 aliphatic carbocycles. The van der Waals surface area contributed by atoms with Crippen LogP contribution in [0.4, 0.5) is 5.69 Å². The molecule has 1 aromatic rings. The molecule has 0 heterocycles. The quantitative estimate of drug-likeness (QED) is 0.813. The van der Waals surface area contributed by atoms with Crippen LogP contribution >= 0.6 is 15.9 Å². The molecular weight excluding hydrogens is 314 g/mol. The highest BCUT2D eigenvalue weighted by atomic mass is 79.9. The van der Waals surface area contributed by atoms with Crippen molar-refractivity contribution in [1.82, 2.24) is 5.32 Å². The Kier molecular flexibility index (Phi) is 7.04. The van der Waals surface area contributed by atoms with Gasteiger partial charge in [-0.15, -0.1) is 0 Å². The lowest BCUT2D eigenvalue weighted by Crippen LogP contribution is -2.30. The fraction of sp³-hybridized carbons (Fsp3) is 0.562. The number of anilines is 1. The average molecular weight is 338 g/mol. The van der Waals surface area contributed by atoms with Crippen LogP contribution < -0.4 is 10.2 Å². The highest BCUT2D eigenvalue weighted by molar-refractivity contribution is 9.10. The first-order chi connectivity index (χ1) is 9.49. The predicted molar refractivity (Wildman–Crippen MR) is 88.9 cm³/mol. The number of hydrogen-bond donors (Lipinski definition) is 1. The fourth-order valence-corrected chi connectivity index (χ4v) is 2.60. The summed E-state index contributed by atoms with van der Waals surface area (Å²) in [5, 5.41) is 12.2. The lowest BCUT2D eigenvalue weighted by Gasteiger charge is -2.30. The monoisotopic (exact) mass is 337 g/mol. The van der Waals surface area contributed by atoms with Gasteiger partial charge < -0.3 is 10.2 Å². The Morgan fingerprint density at radius 2 is 2.05 bits per heavy atom. The number of nitriles is 1. The van der Waals surface area contributed by atoms with Crippen LogP contribution in [0.15, 0.2) is 22.7 Å². The van der Waals surface area contributed by atoms with E-state index in [1.54, 1.807) is 0 Å². The Labute approximate surface area is 131 Å². The summed E-state index contributed by atoms with van der Waals surface area (Å²) in [6, 6.07) is 8.92. The third kappa shape index (κ3) is 4.81. The summed E-state index contributed by atoms with van der Waals surface area (Å²) in [6.45, 7) is 8.30. The van der Waals surface area contributed by atoms with Crippen LogP contribution in [0.5, 0.6) is 0 Å². The summed E-state index contributed by atoms with van der Waals surface area (Å²) in [5.74, 6) is 0.561. The summed E-state index contributed by atoms with van der Waals surface area (Å²) in [5.41, 5.74) is 2.49. The molecule has 20 heavy (non-hydrogen) atoms. The summed E-state index contributed by atoms with van der Waals surface area (Å²) >= 11 is 3.56. The number of halogens is 1. The molecular formula is C16H24BrN3. The molecule has 1 rings (SSSR count). The molecule has 0 saturated heterocycles. The standard InChI is InChI=1S/C16H24BrN3/c1-12(2)11-20(9-5-8-18)16-10-14(17)6-7-15(16)13(3)19-4/h6-7,10,12-13,19H,5,9,11H2,1-4H3. The first-order valence-electron chi connectivity index (χ1n) is 7.08. The van der Waals surface area contributed by atoms with Crippen molar-refractivity contribution in [2.24, 2.45) is 5.92 Å². The van der Waals surface area contributed by atoms with E-state index < -0.39 is 0 Å². The molecule has 0 amide bonds. The average Bonchev–Trinajstić information content (AvgIpc) is 2.42. The van der Waals surface area contributed by atoms with Gasteiger partial charge in [-0.2, -0.15) is 5.26 Å². The molecule has 0 bridgehead atoms. The van der Waals surface area contributed by atoms with Gasteiger partial charge in [-0.25, -0.2) is 0 Å². The Morgan fingerprint density at radius 3 is 2.60 bits per heavy atom. The Balaban J connectivity index is 3.15. The smallest absolute Gasteiger partial charge is 0.0640 e. The minimum atomic E-state index is 0.287. The minimum Gasteiger partial charge on any atom is -0.370 e. The molecule has 1 aromatic carbocycles. The van der Waals surface area contributed by atoms with Gasteiger partial charge in [-0.3, -0.25) is 0 Å². The van der Waals surface area contributed by atoms with Gasteiger partial charge in [-0.1, -0.05) is 35.8 Å².